The van der Waals surface area contributed by atoms with Crippen LogP contribution in [0, 0.1) is 5.92 Å². The second kappa shape index (κ2) is 8.29. The minimum Gasteiger partial charge on any atom is -0.508 e. The number of hydrogen-bond acceptors (Lipinski definition) is 5. The lowest BCUT2D eigenvalue weighted by Crippen LogP contribution is -2.47. The summed E-state index contributed by atoms with van der Waals surface area (Å²) in [6, 6.07) is 19.7. The van der Waals surface area contributed by atoms with Crippen LogP contribution in [-0.4, -0.2) is 58.5 Å². The summed E-state index contributed by atoms with van der Waals surface area (Å²) in [5, 5.41) is 13.4. The first kappa shape index (κ1) is 20.0. The number of phenolic OH excluding ortho intramolecular Hbond substituents is 1. The molecule has 0 amide bonds. The van der Waals surface area contributed by atoms with Crippen molar-refractivity contribution in [3.8, 4) is 5.75 Å². The third-order valence-electron chi connectivity index (χ3n) is 6.83. The quantitative estimate of drug-likeness (QED) is 0.784. The molecule has 3 heterocycles. The second-order valence-corrected chi connectivity index (χ2v) is 9.40. The maximum atomic E-state index is 9.59. The highest BCUT2D eigenvalue weighted by Gasteiger charge is 2.39. The highest BCUT2D eigenvalue weighted by atomic mass is 16.3. The molecular weight excluding hydrogens is 384 g/mol. The van der Waals surface area contributed by atoms with Gasteiger partial charge in [-0.1, -0.05) is 56.3 Å². The van der Waals surface area contributed by atoms with Gasteiger partial charge in [0.25, 0.3) is 0 Å². The third kappa shape index (κ3) is 4.14. The van der Waals surface area contributed by atoms with Crippen LogP contribution in [0.1, 0.15) is 25.0 Å². The molecule has 0 radical (unpaired) electrons. The molecule has 0 aromatic heterocycles. The molecule has 31 heavy (non-hydrogen) atoms. The van der Waals surface area contributed by atoms with Crippen molar-refractivity contribution in [3.63, 3.8) is 0 Å². The van der Waals surface area contributed by atoms with Crippen LogP contribution in [-0.2, 0) is 12.8 Å². The van der Waals surface area contributed by atoms with Crippen LogP contribution in [0.4, 0.5) is 0 Å². The molecule has 0 spiro atoms. The van der Waals surface area contributed by atoms with Crippen LogP contribution in [0.2, 0.25) is 0 Å². The smallest absolute Gasteiger partial charge is 0.127 e. The van der Waals surface area contributed by atoms with Crippen molar-refractivity contribution >= 4 is 5.84 Å². The van der Waals surface area contributed by atoms with Crippen molar-refractivity contribution in [1.29, 1.82) is 0 Å². The summed E-state index contributed by atoms with van der Waals surface area (Å²) in [5.74, 6) is 3.24. The summed E-state index contributed by atoms with van der Waals surface area (Å²) in [6.07, 6.45) is 4.24. The van der Waals surface area contributed by atoms with Gasteiger partial charge in [-0.3, -0.25) is 4.99 Å². The van der Waals surface area contributed by atoms with E-state index >= 15 is 0 Å². The molecule has 3 aliphatic rings. The van der Waals surface area contributed by atoms with E-state index in [2.05, 4.69) is 65.4 Å². The lowest BCUT2D eigenvalue weighted by Gasteiger charge is -2.35. The van der Waals surface area contributed by atoms with E-state index in [0.717, 1.165) is 38.3 Å². The first-order chi connectivity index (χ1) is 15.1. The van der Waals surface area contributed by atoms with Crippen molar-refractivity contribution < 1.29 is 5.11 Å². The van der Waals surface area contributed by atoms with Crippen LogP contribution in [0.3, 0.4) is 0 Å². The molecule has 2 N–H and O–H groups in total. The zero-order chi connectivity index (χ0) is 21.4. The summed E-state index contributed by atoms with van der Waals surface area (Å²) in [4.78, 5) is 10.0. The largest absolute Gasteiger partial charge is 0.508 e. The van der Waals surface area contributed by atoms with Crippen LogP contribution in [0.25, 0.3) is 0 Å². The van der Waals surface area contributed by atoms with E-state index in [4.69, 9.17) is 4.99 Å². The van der Waals surface area contributed by atoms with Crippen LogP contribution < -0.4 is 5.32 Å². The molecule has 2 aromatic rings. The fourth-order valence-corrected chi connectivity index (χ4v) is 5.16. The Morgan fingerprint density at radius 3 is 2.45 bits per heavy atom. The van der Waals surface area contributed by atoms with Gasteiger partial charge in [0.15, 0.2) is 0 Å². The number of nitrogens with zero attached hydrogens (tertiary/aromatic N) is 3. The summed E-state index contributed by atoms with van der Waals surface area (Å²) in [7, 11) is 0. The predicted molar refractivity (Wildman–Crippen MR) is 125 cm³/mol. The molecule has 162 valence electrons. The first-order valence-electron chi connectivity index (χ1n) is 11.4. The van der Waals surface area contributed by atoms with Crippen molar-refractivity contribution in [1.82, 2.24) is 15.1 Å². The van der Waals surface area contributed by atoms with E-state index in [1.807, 2.05) is 12.1 Å². The number of phenols is 1. The van der Waals surface area contributed by atoms with E-state index in [-0.39, 0.29) is 0 Å². The molecule has 1 fully saturated rings. The summed E-state index contributed by atoms with van der Waals surface area (Å²) >= 11 is 0. The van der Waals surface area contributed by atoms with Crippen LogP contribution in [0.15, 0.2) is 71.5 Å². The monoisotopic (exact) mass is 416 g/mol. The van der Waals surface area contributed by atoms with E-state index in [9.17, 15) is 5.11 Å². The molecular formula is C26H32N4O. The maximum Gasteiger partial charge on any atom is 0.127 e. The number of fused-ring (bicyclic) bond motifs is 2. The highest BCUT2D eigenvalue weighted by Crippen LogP contribution is 2.29. The number of amidine groups is 1. The van der Waals surface area contributed by atoms with E-state index in [0.29, 0.717) is 29.8 Å². The van der Waals surface area contributed by atoms with E-state index < -0.39 is 0 Å². The van der Waals surface area contributed by atoms with E-state index in [1.165, 1.54) is 16.9 Å². The molecule has 5 nitrogen and oxygen atoms in total. The summed E-state index contributed by atoms with van der Waals surface area (Å²) < 4.78 is 0. The van der Waals surface area contributed by atoms with Gasteiger partial charge in [0.1, 0.15) is 17.4 Å². The Morgan fingerprint density at radius 2 is 1.71 bits per heavy atom. The normalized spacial score (nSPS) is 24.9. The molecule has 0 aliphatic carbocycles. The molecule has 3 aliphatic heterocycles. The number of nitrogens with one attached hydrogen (secondary N) is 1. The second-order valence-electron chi connectivity index (χ2n) is 9.40. The number of hydrogen-bond donors (Lipinski definition) is 2. The lowest BCUT2D eigenvalue weighted by molar-refractivity contribution is 0.195. The fourth-order valence-electron chi connectivity index (χ4n) is 5.16. The topological polar surface area (TPSA) is 51.1 Å². The molecule has 0 saturated carbocycles. The number of benzene rings is 2. The Balaban J connectivity index is 1.41. The maximum absolute atomic E-state index is 9.59. The van der Waals surface area contributed by atoms with Crippen LogP contribution >= 0.6 is 0 Å². The lowest BCUT2D eigenvalue weighted by atomic mass is 10.00. The Hall–Kier alpha value is -2.95. The minimum absolute atomic E-state index is 0.321. The SMILES string of the molecule is CC(C)[C@@H]1CN=C2C=C3N[C@H](Cc4ccc(O)cc4)CN3[C@H](Cc3ccccc3)CN21. The molecule has 3 atom stereocenters. The molecule has 2 aromatic carbocycles. The van der Waals surface area contributed by atoms with Gasteiger partial charge in [-0.05, 0) is 42.0 Å². The molecule has 0 bridgehead atoms. The zero-order valence-electron chi connectivity index (χ0n) is 18.4. The van der Waals surface area contributed by atoms with Crippen molar-refractivity contribution in [2.75, 3.05) is 19.6 Å². The third-order valence-corrected chi connectivity index (χ3v) is 6.83. The van der Waals surface area contributed by atoms with Gasteiger partial charge < -0.3 is 20.2 Å². The van der Waals surface area contributed by atoms with Gasteiger partial charge in [-0.25, -0.2) is 0 Å². The Labute approximate surface area is 185 Å². The minimum atomic E-state index is 0.321. The van der Waals surface area contributed by atoms with Crippen molar-refractivity contribution in [2.24, 2.45) is 10.9 Å². The molecule has 0 unspecified atom stereocenters. The Morgan fingerprint density at radius 1 is 0.968 bits per heavy atom. The fraction of sp³-hybridized carbons (Fsp3) is 0.423. The predicted octanol–water partition coefficient (Wildman–Crippen LogP) is 3.41. The molecule has 5 heteroatoms. The van der Waals surface area contributed by atoms with Crippen molar-refractivity contribution in [3.05, 3.63) is 77.6 Å². The van der Waals surface area contributed by atoms with Crippen LogP contribution in [0.5, 0.6) is 5.75 Å². The van der Waals surface area contributed by atoms with Gasteiger partial charge in [0, 0.05) is 25.2 Å². The standard InChI is InChI=1S/C26H32N4O/c1-18(2)24-15-27-25-14-26-28-21(12-20-8-10-23(31)11-9-20)16-29(26)22(17-30(24)25)13-19-6-4-3-5-7-19/h3-11,14,18,21-22,24,28,31H,12-13,15-17H2,1-2H3/t21-,22-,24+/m1/s1. The van der Waals surface area contributed by atoms with Gasteiger partial charge in [-0.15, -0.1) is 0 Å². The van der Waals surface area contributed by atoms with Gasteiger partial charge >= 0.3 is 0 Å². The first-order valence-corrected chi connectivity index (χ1v) is 11.4. The Bertz CT molecular complexity index is 967. The van der Waals surface area contributed by atoms with Gasteiger partial charge in [0.2, 0.25) is 0 Å². The summed E-state index contributed by atoms with van der Waals surface area (Å²) in [5.41, 5.74) is 2.63. The highest BCUT2D eigenvalue weighted by molar-refractivity contribution is 5.95. The molecule has 5 rings (SSSR count). The average Bonchev–Trinajstić information content (AvgIpc) is 3.31. The van der Waals surface area contributed by atoms with E-state index in [1.54, 1.807) is 12.1 Å². The number of rotatable bonds is 5. The summed E-state index contributed by atoms with van der Waals surface area (Å²) in [6.45, 7) is 7.49. The van der Waals surface area contributed by atoms with Gasteiger partial charge in [0.05, 0.1) is 18.6 Å². The number of aliphatic imine (C=N–C) groups is 1. The zero-order valence-corrected chi connectivity index (χ0v) is 18.4. The number of aromatic hydroxyl groups is 1. The van der Waals surface area contributed by atoms with Gasteiger partial charge in [-0.2, -0.15) is 0 Å². The molecule has 1 saturated heterocycles. The Kier molecular flexibility index (Phi) is 5.34. The van der Waals surface area contributed by atoms with Crippen molar-refractivity contribution in [2.45, 2.75) is 44.8 Å². The average molecular weight is 417 g/mol.